The molecule has 0 spiro atoms. The maximum atomic E-state index is 12.4. The lowest BCUT2D eigenvalue weighted by molar-refractivity contribution is -0.121. The van der Waals surface area contributed by atoms with Gasteiger partial charge < -0.3 is 4.90 Å². The molecule has 3 heteroatoms. The van der Waals surface area contributed by atoms with Crippen molar-refractivity contribution in [2.24, 2.45) is 0 Å². The fourth-order valence-corrected chi connectivity index (χ4v) is 3.75. The zero-order chi connectivity index (χ0) is 15.5. The van der Waals surface area contributed by atoms with E-state index >= 15 is 0 Å². The summed E-state index contributed by atoms with van der Waals surface area (Å²) in [5.41, 5.74) is 6.61. The van der Waals surface area contributed by atoms with Crippen LogP contribution in [0.3, 0.4) is 0 Å². The van der Waals surface area contributed by atoms with Gasteiger partial charge in [-0.15, -0.1) is 0 Å². The normalized spacial score (nSPS) is 18.5. The molecule has 112 valence electrons. The minimum absolute atomic E-state index is 0.159. The third-order valence-electron chi connectivity index (χ3n) is 5.12. The Balaban J connectivity index is 1.82. The molecule has 0 bridgehead atoms. The van der Waals surface area contributed by atoms with Crippen molar-refractivity contribution in [3.63, 3.8) is 0 Å². The average Bonchev–Trinajstić information content (AvgIpc) is 3.05. The third kappa shape index (κ3) is 1.75. The molecule has 4 rings (SSSR count). The van der Waals surface area contributed by atoms with Crippen LogP contribution in [0.1, 0.15) is 37.1 Å². The Labute approximate surface area is 131 Å². The van der Waals surface area contributed by atoms with Crippen LogP contribution in [0.4, 0.5) is 5.69 Å². The van der Waals surface area contributed by atoms with Gasteiger partial charge >= 0.3 is 0 Å². The molecule has 1 amide bonds. The zero-order valence-corrected chi connectivity index (χ0v) is 13.3. The lowest BCUT2D eigenvalue weighted by Gasteiger charge is -2.16. The first-order valence-corrected chi connectivity index (χ1v) is 7.89. The van der Waals surface area contributed by atoms with E-state index in [1.807, 2.05) is 27.1 Å². The number of carbonyl (C=O) groups is 1. The first-order valence-electron chi connectivity index (χ1n) is 7.89. The third-order valence-corrected chi connectivity index (χ3v) is 5.12. The van der Waals surface area contributed by atoms with Crippen LogP contribution in [0.2, 0.25) is 0 Å². The van der Waals surface area contributed by atoms with E-state index in [1.165, 1.54) is 17.7 Å². The van der Waals surface area contributed by atoms with Gasteiger partial charge in [0, 0.05) is 30.2 Å². The smallest absolute Gasteiger partial charge is 0.236 e. The molecule has 22 heavy (non-hydrogen) atoms. The van der Waals surface area contributed by atoms with Crippen LogP contribution in [0.5, 0.6) is 0 Å². The Bertz CT molecular complexity index is 792. The second kappa shape index (κ2) is 4.42. The van der Waals surface area contributed by atoms with Crippen LogP contribution in [0.25, 0.3) is 11.1 Å². The highest BCUT2D eigenvalue weighted by molar-refractivity contribution is 6.07. The van der Waals surface area contributed by atoms with Gasteiger partial charge in [0.1, 0.15) is 0 Å². The van der Waals surface area contributed by atoms with Crippen molar-refractivity contribution >= 4 is 11.6 Å². The molecule has 0 atom stereocenters. The quantitative estimate of drug-likeness (QED) is 0.806. The van der Waals surface area contributed by atoms with Crippen molar-refractivity contribution in [1.82, 2.24) is 4.98 Å². The summed E-state index contributed by atoms with van der Waals surface area (Å²) in [7, 11) is 1.86. The SMILES string of the molecule is CN1C(=O)C(C)(C)c2ccc(-c3cnc4c(c3)CCC4)cc21. The number of anilines is 1. The zero-order valence-electron chi connectivity index (χ0n) is 13.3. The van der Waals surface area contributed by atoms with Gasteiger partial charge in [-0.05, 0) is 61.9 Å². The number of carbonyl (C=O) groups excluding carboxylic acids is 1. The van der Waals surface area contributed by atoms with Gasteiger partial charge in [-0.25, -0.2) is 0 Å². The summed E-state index contributed by atoms with van der Waals surface area (Å²) >= 11 is 0. The number of nitrogens with zero attached hydrogens (tertiary/aromatic N) is 2. The van der Waals surface area contributed by atoms with E-state index in [2.05, 4.69) is 29.2 Å². The second-order valence-electron chi connectivity index (χ2n) is 6.90. The number of pyridine rings is 1. The molecule has 2 aromatic rings. The van der Waals surface area contributed by atoms with Crippen molar-refractivity contribution in [2.45, 2.75) is 38.5 Å². The van der Waals surface area contributed by atoms with E-state index in [9.17, 15) is 4.79 Å². The summed E-state index contributed by atoms with van der Waals surface area (Å²) in [5, 5.41) is 0. The van der Waals surface area contributed by atoms with Crippen molar-refractivity contribution < 1.29 is 4.79 Å². The number of aryl methyl sites for hydroxylation is 2. The molecule has 2 heterocycles. The molecule has 0 saturated heterocycles. The number of fused-ring (bicyclic) bond motifs is 2. The first kappa shape index (κ1) is 13.5. The predicted octanol–water partition coefficient (Wildman–Crippen LogP) is 3.49. The largest absolute Gasteiger partial charge is 0.314 e. The van der Waals surface area contributed by atoms with Crippen LogP contribution < -0.4 is 4.90 Å². The number of likely N-dealkylation sites (N-methyl/N-ethyl adjacent to an activating group) is 1. The number of hydrogen-bond acceptors (Lipinski definition) is 2. The maximum absolute atomic E-state index is 12.4. The van der Waals surface area contributed by atoms with Gasteiger partial charge in [0.15, 0.2) is 0 Å². The molecule has 0 saturated carbocycles. The Morgan fingerprint density at radius 3 is 2.77 bits per heavy atom. The van der Waals surface area contributed by atoms with Gasteiger partial charge in [-0.1, -0.05) is 12.1 Å². The Hall–Kier alpha value is -2.16. The molecule has 1 aromatic carbocycles. The van der Waals surface area contributed by atoms with Gasteiger partial charge in [0.2, 0.25) is 5.91 Å². The molecule has 1 aromatic heterocycles. The lowest BCUT2D eigenvalue weighted by atomic mass is 9.85. The second-order valence-corrected chi connectivity index (χ2v) is 6.90. The number of rotatable bonds is 1. The molecule has 3 nitrogen and oxygen atoms in total. The molecule has 0 radical (unpaired) electrons. The van der Waals surface area contributed by atoms with Crippen LogP contribution in [-0.4, -0.2) is 17.9 Å². The van der Waals surface area contributed by atoms with Crippen molar-refractivity contribution in [3.05, 3.63) is 47.3 Å². The van der Waals surface area contributed by atoms with Crippen molar-refractivity contribution in [3.8, 4) is 11.1 Å². The van der Waals surface area contributed by atoms with E-state index in [1.54, 1.807) is 4.90 Å². The molecule has 0 unspecified atom stereocenters. The molecular formula is C19H20N2O. The maximum Gasteiger partial charge on any atom is 0.236 e. The standard InChI is InChI=1S/C19H20N2O/c1-19(2)15-8-7-12(10-17(15)21(3)18(19)22)14-9-13-5-4-6-16(13)20-11-14/h7-11H,4-6H2,1-3H3. The average molecular weight is 292 g/mol. The summed E-state index contributed by atoms with van der Waals surface area (Å²) in [6, 6.07) is 8.60. The summed E-state index contributed by atoms with van der Waals surface area (Å²) in [4.78, 5) is 18.8. The number of benzene rings is 1. The molecule has 0 N–H and O–H groups in total. The highest BCUT2D eigenvalue weighted by Crippen LogP contribution is 2.42. The molecule has 1 aliphatic heterocycles. The van der Waals surface area contributed by atoms with Crippen LogP contribution in [0, 0.1) is 0 Å². The molecule has 0 fully saturated rings. The minimum atomic E-state index is -0.432. The first-order chi connectivity index (χ1) is 10.5. The fourth-order valence-electron chi connectivity index (χ4n) is 3.75. The molecular weight excluding hydrogens is 272 g/mol. The molecule has 1 aliphatic carbocycles. The van der Waals surface area contributed by atoms with Crippen LogP contribution in [0.15, 0.2) is 30.5 Å². The fraction of sp³-hybridized carbons (Fsp3) is 0.368. The highest BCUT2D eigenvalue weighted by Gasteiger charge is 2.42. The van der Waals surface area contributed by atoms with Crippen molar-refractivity contribution in [2.75, 3.05) is 11.9 Å². The Morgan fingerprint density at radius 2 is 1.95 bits per heavy atom. The predicted molar refractivity (Wildman–Crippen MR) is 88.1 cm³/mol. The van der Waals surface area contributed by atoms with Gasteiger partial charge in [0.25, 0.3) is 0 Å². The number of hydrogen-bond donors (Lipinski definition) is 0. The summed E-state index contributed by atoms with van der Waals surface area (Å²) in [6.45, 7) is 3.99. The van der Waals surface area contributed by atoms with E-state index < -0.39 is 5.41 Å². The van der Waals surface area contributed by atoms with Gasteiger partial charge in [0.05, 0.1) is 5.41 Å². The topological polar surface area (TPSA) is 33.2 Å². The Kier molecular flexibility index (Phi) is 2.71. The number of aromatic nitrogens is 1. The van der Waals surface area contributed by atoms with E-state index in [-0.39, 0.29) is 5.91 Å². The van der Waals surface area contributed by atoms with Crippen molar-refractivity contribution in [1.29, 1.82) is 0 Å². The highest BCUT2D eigenvalue weighted by atomic mass is 16.2. The summed E-state index contributed by atoms with van der Waals surface area (Å²) < 4.78 is 0. The van der Waals surface area contributed by atoms with E-state index in [0.29, 0.717) is 0 Å². The van der Waals surface area contributed by atoms with Crippen LogP contribution >= 0.6 is 0 Å². The summed E-state index contributed by atoms with van der Waals surface area (Å²) in [5.74, 6) is 0.159. The van der Waals surface area contributed by atoms with Gasteiger partial charge in [-0.2, -0.15) is 0 Å². The molecule has 2 aliphatic rings. The van der Waals surface area contributed by atoms with Gasteiger partial charge in [-0.3, -0.25) is 9.78 Å². The minimum Gasteiger partial charge on any atom is -0.314 e. The Morgan fingerprint density at radius 1 is 1.14 bits per heavy atom. The summed E-state index contributed by atoms with van der Waals surface area (Å²) in [6.07, 6.45) is 5.41. The lowest BCUT2D eigenvalue weighted by Crippen LogP contribution is -2.33. The van der Waals surface area contributed by atoms with E-state index in [0.717, 1.165) is 35.2 Å². The number of amides is 1. The van der Waals surface area contributed by atoms with Crippen LogP contribution in [-0.2, 0) is 23.1 Å². The van der Waals surface area contributed by atoms with E-state index in [4.69, 9.17) is 0 Å². The monoisotopic (exact) mass is 292 g/mol.